The highest BCUT2D eigenvalue weighted by Gasteiger charge is 2.03. The molecular weight excluding hydrogens is 236 g/mol. The summed E-state index contributed by atoms with van der Waals surface area (Å²) in [6, 6.07) is 12.4. The smallest absolute Gasteiger partial charge is 0.0947 e. The van der Waals surface area contributed by atoms with Gasteiger partial charge >= 0.3 is 0 Å². The number of pyridine rings is 1. The fraction of sp³-hybridized carbons (Fsp3) is 0.188. The molecule has 0 spiro atoms. The van der Waals surface area contributed by atoms with Crippen LogP contribution in [0.3, 0.4) is 0 Å². The van der Waals surface area contributed by atoms with Crippen molar-refractivity contribution in [3.63, 3.8) is 0 Å². The van der Waals surface area contributed by atoms with Crippen LogP contribution in [0.4, 0.5) is 0 Å². The molecule has 0 radical (unpaired) electrons. The number of hydrogen-bond acceptors (Lipinski definition) is 3. The number of benzene rings is 1. The molecule has 2 heterocycles. The summed E-state index contributed by atoms with van der Waals surface area (Å²) in [4.78, 5) is 4.55. The molecule has 0 aliphatic rings. The van der Waals surface area contributed by atoms with Crippen molar-refractivity contribution in [3.05, 3.63) is 65.7 Å². The standard InChI is InChI=1S/C16H16N2O/c1-12-8-14(10-17-9-13-6-7-19-11-13)15-4-2-3-5-16(15)18-12/h2-8,11,17H,9-10H2,1H3. The number of nitrogens with zero attached hydrogens (tertiary/aromatic N) is 1. The van der Waals surface area contributed by atoms with Crippen LogP contribution in [-0.4, -0.2) is 4.98 Å². The van der Waals surface area contributed by atoms with Crippen LogP contribution in [0.15, 0.2) is 53.3 Å². The van der Waals surface area contributed by atoms with Gasteiger partial charge < -0.3 is 9.73 Å². The maximum absolute atomic E-state index is 5.06. The predicted octanol–water partition coefficient (Wildman–Crippen LogP) is 3.43. The normalized spacial score (nSPS) is 11.0. The largest absolute Gasteiger partial charge is 0.472 e. The van der Waals surface area contributed by atoms with Crippen LogP contribution in [0.1, 0.15) is 16.8 Å². The number of hydrogen-bond donors (Lipinski definition) is 1. The third kappa shape index (κ3) is 2.66. The molecule has 1 aromatic carbocycles. The van der Waals surface area contributed by atoms with E-state index in [2.05, 4.69) is 34.6 Å². The molecular formula is C16H16N2O. The SMILES string of the molecule is Cc1cc(CNCc2ccoc2)c2ccccc2n1. The van der Waals surface area contributed by atoms with E-state index in [1.54, 1.807) is 12.5 Å². The summed E-state index contributed by atoms with van der Waals surface area (Å²) in [6.45, 7) is 3.67. The molecule has 0 saturated carbocycles. The van der Waals surface area contributed by atoms with Gasteiger partial charge in [-0.25, -0.2) is 0 Å². The molecule has 1 N–H and O–H groups in total. The first kappa shape index (κ1) is 11.9. The first-order valence-corrected chi connectivity index (χ1v) is 6.40. The molecule has 2 aromatic heterocycles. The Hall–Kier alpha value is -2.13. The molecule has 0 fully saturated rings. The minimum Gasteiger partial charge on any atom is -0.472 e. The average Bonchev–Trinajstić information content (AvgIpc) is 2.91. The van der Waals surface area contributed by atoms with Crippen molar-refractivity contribution >= 4 is 10.9 Å². The van der Waals surface area contributed by atoms with Gasteiger partial charge in [0.1, 0.15) is 0 Å². The van der Waals surface area contributed by atoms with Crippen LogP contribution in [0.2, 0.25) is 0 Å². The fourth-order valence-corrected chi connectivity index (χ4v) is 2.28. The third-order valence-corrected chi connectivity index (χ3v) is 3.15. The minimum absolute atomic E-state index is 0.812. The van der Waals surface area contributed by atoms with E-state index in [1.165, 1.54) is 10.9 Å². The van der Waals surface area contributed by atoms with Crippen molar-refractivity contribution < 1.29 is 4.42 Å². The molecule has 0 aliphatic carbocycles. The van der Waals surface area contributed by atoms with E-state index in [9.17, 15) is 0 Å². The van der Waals surface area contributed by atoms with Crippen LogP contribution in [0, 0.1) is 6.92 Å². The van der Waals surface area contributed by atoms with E-state index in [-0.39, 0.29) is 0 Å². The number of rotatable bonds is 4. The van der Waals surface area contributed by atoms with Gasteiger partial charge in [-0.15, -0.1) is 0 Å². The molecule has 0 aliphatic heterocycles. The molecule has 3 heteroatoms. The van der Waals surface area contributed by atoms with Crippen molar-refractivity contribution in [2.24, 2.45) is 0 Å². The van der Waals surface area contributed by atoms with E-state index in [0.29, 0.717) is 0 Å². The second kappa shape index (κ2) is 5.24. The maximum Gasteiger partial charge on any atom is 0.0947 e. The first-order valence-electron chi connectivity index (χ1n) is 6.40. The molecule has 3 nitrogen and oxygen atoms in total. The Labute approximate surface area is 112 Å². The van der Waals surface area contributed by atoms with Gasteiger partial charge in [0, 0.05) is 29.7 Å². The monoisotopic (exact) mass is 252 g/mol. The highest BCUT2D eigenvalue weighted by atomic mass is 16.3. The molecule has 3 aromatic rings. The summed E-state index contributed by atoms with van der Waals surface area (Å²) in [6.07, 6.45) is 3.46. The van der Waals surface area contributed by atoms with Gasteiger partial charge in [-0.2, -0.15) is 0 Å². The lowest BCUT2D eigenvalue weighted by molar-refractivity contribution is 0.560. The molecule has 19 heavy (non-hydrogen) atoms. The predicted molar refractivity (Wildman–Crippen MR) is 75.7 cm³/mol. The van der Waals surface area contributed by atoms with Gasteiger partial charge in [0.25, 0.3) is 0 Å². The number of nitrogens with one attached hydrogen (secondary N) is 1. The Kier molecular flexibility index (Phi) is 3.29. The second-order valence-electron chi connectivity index (χ2n) is 4.68. The Balaban J connectivity index is 1.80. The van der Waals surface area contributed by atoms with Gasteiger partial charge in [-0.05, 0) is 30.7 Å². The Morgan fingerprint density at radius 3 is 2.89 bits per heavy atom. The van der Waals surface area contributed by atoms with Crippen molar-refractivity contribution in [1.82, 2.24) is 10.3 Å². The molecule has 0 amide bonds. The lowest BCUT2D eigenvalue weighted by atomic mass is 10.1. The van der Waals surface area contributed by atoms with Gasteiger partial charge in [-0.3, -0.25) is 4.98 Å². The average molecular weight is 252 g/mol. The van der Waals surface area contributed by atoms with E-state index in [0.717, 1.165) is 29.9 Å². The number of aromatic nitrogens is 1. The van der Waals surface area contributed by atoms with Gasteiger partial charge in [-0.1, -0.05) is 18.2 Å². The zero-order valence-corrected chi connectivity index (χ0v) is 10.9. The second-order valence-corrected chi connectivity index (χ2v) is 4.68. The van der Waals surface area contributed by atoms with Crippen LogP contribution in [-0.2, 0) is 13.1 Å². The highest BCUT2D eigenvalue weighted by molar-refractivity contribution is 5.82. The summed E-state index contributed by atoms with van der Waals surface area (Å²) in [5.74, 6) is 0. The third-order valence-electron chi connectivity index (χ3n) is 3.15. The minimum atomic E-state index is 0.812. The quantitative estimate of drug-likeness (QED) is 0.773. The fourth-order valence-electron chi connectivity index (χ4n) is 2.28. The van der Waals surface area contributed by atoms with E-state index >= 15 is 0 Å². The van der Waals surface area contributed by atoms with Crippen molar-refractivity contribution in [3.8, 4) is 0 Å². The van der Waals surface area contributed by atoms with Crippen molar-refractivity contribution in [2.75, 3.05) is 0 Å². The van der Waals surface area contributed by atoms with Gasteiger partial charge in [0.15, 0.2) is 0 Å². The number of fused-ring (bicyclic) bond motifs is 1. The van der Waals surface area contributed by atoms with Crippen LogP contribution >= 0.6 is 0 Å². The molecule has 0 saturated heterocycles. The van der Waals surface area contributed by atoms with Crippen molar-refractivity contribution in [2.45, 2.75) is 20.0 Å². The van der Waals surface area contributed by atoms with Crippen LogP contribution in [0.25, 0.3) is 10.9 Å². The molecule has 3 rings (SSSR count). The molecule has 0 unspecified atom stereocenters. The summed E-state index contributed by atoms with van der Waals surface area (Å²) in [5.41, 5.74) is 4.56. The summed E-state index contributed by atoms with van der Waals surface area (Å²) in [7, 11) is 0. The van der Waals surface area contributed by atoms with E-state index in [1.807, 2.05) is 19.1 Å². The zero-order valence-electron chi connectivity index (χ0n) is 10.9. The first-order chi connectivity index (χ1) is 9.33. The maximum atomic E-state index is 5.06. The van der Waals surface area contributed by atoms with Gasteiger partial charge in [0.2, 0.25) is 0 Å². The Morgan fingerprint density at radius 1 is 1.16 bits per heavy atom. The van der Waals surface area contributed by atoms with E-state index < -0.39 is 0 Å². The molecule has 96 valence electrons. The topological polar surface area (TPSA) is 38.1 Å². The molecule has 0 atom stereocenters. The lowest BCUT2D eigenvalue weighted by Crippen LogP contribution is -2.12. The number of aryl methyl sites for hydroxylation is 1. The summed E-state index contributed by atoms with van der Waals surface area (Å²) < 4.78 is 5.06. The zero-order chi connectivity index (χ0) is 13.1. The highest BCUT2D eigenvalue weighted by Crippen LogP contribution is 2.18. The van der Waals surface area contributed by atoms with E-state index in [4.69, 9.17) is 4.42 Å². The Morgan fingerprint density at radius 2 is 2.05 bits per heavy atom. The van der Waals surface area contributed by atoms with Crippen LogP contribution < -0.4 is 5.32 Å². The molecule has 0 bridgehead atoms. The number of furan rings is 1. The summed E-state index contributed by atoms with van der Waals surface area (Å²) in [5, 5.41) is 4.65. The number of para-hydroxylation sites is 1. The van der Waals surface area contributed by atoms with Crippen molar-refractivity contribution in [1.29, 1.82) is 0 Å². The summed E-state index contributed by atoms with van der Waals surface area (Å²) >= 11 is 0. The lowest BCUT2D eigenvalue weighted by Gasteiger charge is -2.08. The van der Waals surface area contributed by atoms with Gasteiger partial charge in [0.05, 0.1) is 18.0 Å². The Bertz CT molecular complexity index is 674. The van der Waals surface area contributed by atoms with Crippen LogP contribution in [0.5, 0.6) is 0 Å².